The third-order valence-electron chi connectivity index (χ3n) is 6.85. The van der Waals surface area contributed by atoms with Crippen LogP contribution in [0.4, 0.5) is 10.1 Å². The Morgan fingerprint density at radius 1 is 1.05 bits per heavy atom. The van der Waals surface area contributed by atoms with Crippen LogP contribution in [0.5, 0.6) is 5.75 Å². The molecular weight excluding hydrogens is 497 g/mol. The summed E-state index contributed by atoms with van der Waals surface area (Å²) in [6, 6.07) is 14.1. The fourth-order valence-electron chi connectivity index (χ4n) is 4.71. The maximum Gasteiger partial charge on any atom is 0.227 e. The zero-order chi connectivity index (χ0) is 26.5. The highest BCUT2D eigenvalue weighted by Crippen LogP contribution is 2.34. The summed E-state index contributed by atoms with van der Waals surface area (Å²) in [4.78, 5) is 29.3. The number of H-pyrrole nitrogens is 2. The minimum atomic E-state index is -0.388. The lowest BCUT2D eigenvalue weighted by atomic mass is 10.0. The Balaban J connectivity index is 1.28. The number of methoxy groups -OCH3 is 1. The summed E-state index contributed by atoms with van der Waals surface area (Å²) < 4.78 is 19.5. The monoisotopic (exact) mass is 519 g/mol. The molecule has 2 aromatic carbocycles. The number of anilines is 1. The molecule has 1 fully saturated rings. The van der Waals surface area contributed by atoms with Gasteiger partial charge in [0.25, 0.3) is 0 Å². The Morgan fingerprint density at radius 2 is 1.95 bits per heavy atom. The van der Waals surface area contributed by atoms with Gasteiger partial charge in [-0.15, -0.1) is 0 Å². The molecular formula is C29H22FN7O2. The topological polar surface area (TPSA) is 121 Å². The molecule has 0 atom stereocenters. The first-order chi connectivity index (χ1) is 19.1. The first kappa shape index (κ1) is 23.0. The van der Waals surface area contributed by atoms with E-state index < -0.39 is 0 Å². The maximum absolute atomic E-state index is 14.3. The number of rotatable bonds is 6. The number of pyridine rings is 2. The number of hydrogen-bond donors (Lipinski definition) is 3. The van der Waals surface area contributed by atoms with Crippen molar-refractivity contribution in [3.63, 3.8) is 0 Å². The number of aromatic nitrogens is 6. The third kappa shape index (κ3) is 4.25. The average molecular weight is 520 g/mol. The molecule has 1 saturated carbocycles. The van der Waals surface area contributed by atoms with Gasteiger partial charge < -0.3 is 15.0 Å². The number of aromatic amines is 2. The van der Waals surface area contributed by atoms with Crippen molar-refractivity contribution in [1.29, 1.82) is 0 Å². The Labute approximate surface area is 221 Å². The summed E-state index contributed by atoms with van der Waals surface area (Å²) in [6.45, 7) is 0. The van der Waals surface area contributed by atoms with Gasteiger partial charge in [0.15, 0.2) is 5.82 Å². The van der Waals surface area contributed by atoms with Gasteiger partial charge in [-0.05, 0) is 48.7 Å². The molecule has 4 aromatic heterocycles. The quantitative estimate of drug-likeness (QED) is 0.259. The summed E-state index contributed by atoms with van der Waals surface area (Å²) in [7, 11) is 1.51. The lowest BCUT2D eigenvalue weighted by molar-refractivity contribution is -0.117. The molecule has 3 N–H and O–H groups in total. The SMILES string of the molecule is COc1cc(F)cc(-c2cccc3[nH]c(-c4n[nH]c5cnc(-c6cncc(NC(=O)C7CC7)c6)cc45)nc23)c1. The number of benzene rings is 2. The van der Waals surface area contributed by atoms with E-state index in [1.807, 2.05) is 30.3 Å². The van der Waals surface area contributed by atoms with Gasteiger partial charge in [-0.1, -0.05) is 12.1 Å². The minimum Gasteiger partial charge on any atom is -0.497 e. The highest BCUT2D eigenvalue weighted by atomic mass is 19.1. The summed E-state index contributed by atoms with van der Waals surface area (Å²) >= 11 is 0. The lowest BCUT2D eigenvalue weighted by Crippen LogP contribution is -2.13. The molecule has 0 radical (unpaired) electrons. The van der Waals surface area contributed by atoms with Gasteiger partial charge in [0.1, 0.15) is 17.3 Å². The molecule has 7 rings (SSSR count). The van der Waals surface area contributed by atoms with Crippen LogP contribution in [0.1, 0.15) is 12.8 Å². The number of fused-ring (bicyclic) bond motifs is 2. The number of carbonyl (C=O) groups is 1. The van der Waals surface area contributed by atoms with E-state index in [2.05, 4.69) is 30.5 Å². The van der Waals surface area contributed by atoms with Gasteiger partial charge in [-0.25, -0.2) is 9.37 Å². The minimum absolute atomic E-state index is 0.0235. The molecule has 9 nitrogen and oxygen atoms in total. The van der Waals surface area contributed by atoms with Crippen LogP contribution in [0.3, 0.4) is 0 Å². The molecule has 0 saturated heterocycles. The molecule has 0 spiro atoms. The molecule has 1 aliphatic rings. The van der Waals surface area contributed by atoms with Crippen LogP contribution in [0, 0.1) is 11.7 Å². The van der Waals surface area contributed by atoms with Gasteiger partial charge in [-0.3, -0.25) is 19.9 Å². The number of nitrogens with one attached hydrogen (secondary N) is 3. The van der Waals surface area contributed by atoms with E-state index in [0.29, 0.717) is 39.7 Å². The average Bonchev–Trinajstić information content (AvgIpc) is 3.58. The first-order valence-corrected chi connectivity index (χ1v) is 12.5. The Kier molecular flexibility index (Phi) is 5.32. The summed E-state index contributed by atoms with van der Waals surface area (Å²) in [5.41, 5.74) is 6.37. The molecule has 0 unspecified atom stereocenters. The van der Waals surface area contributed by atoms with E-state index in [-0.39, 0.29) is 17.6 Å². The van der Waals surface area contributed by atoms with Crippen molar-refractivity contribution in [3.8, 4) is 39.7 Å². The highest BCUT2D eigenvalue weighted by molar-refractivity contribution is 5.98. The van der Waals surface area contributed by atoms with Crippen molar-refractivity contribution in [2.24, 2.45) is 5.92 Å². The molecule has 10 heteroatoms. The lowest BCUT2D eigenvalue weighted by Gasteiger charge is -2.06. The fourth-order valence-corrected chi connectivity index (χ4v) is 4.71. The zero-order valence-corrected chi connectivity index (χ0v) is 20.8. The molecule has 192 valence electrons. The number of ether oxygens (including phenoxy) is 1. The van der Waals surface area contributed by atoms with E-state index in [4.69, 9.17) is 9.72 Å². The number of nitrogens with zero attached hydrogens (tertiary/aromatic N) is 4. The van der Waals surface area contributed by atoms with Gasteiger partial charge in [0, 0.05) is 34.7 Å². The second-order valence-corrected chi connectivity index (χ2v) is 9.58. The molecule has 39 heavy (non-hydrogen) atoms. The number of halogens is 1. The van der Waals surface area contributed by atoms with Crippen LogP contribution in [0.15, 0.2) is 67.1 Å². The van der Waals surface area contributed by atoms with E-state index in [9.17, 15) is 9.18 Å². The summed E-state index contributed by atoms with van der Waals surface area (Å²) in [5.74, 6) is 0.731. The van der Waals surface area contributed by atoms with E-state index in [1.165, 1.54) is 19.2 Å². The Morgan fingerprint density at radius 3 is 2.79 bits per heavy atom. The second-order valence-electron chi connectivity index (χ2n) is 9.58. The number of hydrogen-bond acceptors (Lipinski definition) is 6. The second kappa shape index (κ2) is 9.02. The van der Waals surface area contributed by atoms with Gasteiger partial charge in [0.2, 0.25) is 5.91 Å². The molecule has 6 aromatic rings. The molecule has 0 bridgehead atoms. The van der Waals surface area contributed by atoms with Crippen molar-refractivity contribution in [3.05, 3.63) is 72.9 Å². The summed E-state index contributed by atoms with van der Waals surface area (Å²) in [6.07, 6.45) is 6.91. The van der Waals surface area contributed by atoms with Crippen molar-refractivity contribution < 1.29 is 13.9 Å². The van der Waals surface area contributed by atoms with E-state index in [1.54, 1.807) is 24.7 Å². The molecule has 4 heterocycles. The third-order valence-corrected chi connectivity index (χ3v) is 6.85. The van der Waals surface area contributed by atoms with Crippen molar-refractivity contribution in [2.45, 2.75) is 12.8 Å². The van der Waals surface area contributed by atoms with Crippen LogP contribution >= 0.6 is 0 Å². The largest absolute Gasteiger partial charge is 0.497 e. The van der Waals surface area contributed by atoms with Gasteiger partial charge in [0.05, 0.1) is 47.4 Å². The standard InChI is InChI=1S/C29H22FN7O2/c1-39-20-9-16(7-18(30)10-20)21-3-2-4-23-26(21)35-28(34-23)27-22-11-24(32-14-25(22)36-37-27)17-8-19(13-31-12-17)33-29(38)15-5-6-15/h2-4,7-15H,5-6H2,1H3,(H,33,38)(H,34,35)(H,36,37). The Bertz CT molecular complexity index is 1890. The fraction of sp³-hybridized carbons (Fsp3) is 0.138. The van der Waals surface area contributed by atoms with Crippen LogP contribution in [0.25, 0.3) is 55.8 Å². The van der Waals surface area contributed by atoms with Crippen molar-refractivity contribution >= 4 is 33.5 Å². The number of imidazole rings is 1. The predicted molar refractivity (Wildman–Crippen MR) is 146 cm³/mol. The van der Waals surface area contributed by atoms with Crippen LogP contribution in [-0.4, -0.2) is 43.2 Å². The zero-order valence-electron chi connectivity index (χ0n) is 20.8. The normalized spacial score (nSPS) is 13.2. The molecule has 1 aliphatic carbocycles. The van der Waals surface area contributed by atoms with Crippen LogP contribution in [-0.2, 0) is 4.79 Å². The first-order valence-electron chi connectivity index (χ1n) is 12.5. The number of para-hydroxylation sites is 1. The van der Waals surface area contributed by atoms with Gasteiger partial charge in [-0.2, -0.15) is 5.10 Å². The van der Waals surface area contributed by atoms with Crippen molar-refractivity contribution in [1.82, 2.24) is 30.1 Å². The molecule has 0 aliphatic heterocycles. The van der Waals surface area contributed by atoms with E-state index >= 15 is 0 Å². The summed E-state index contributed by atoms with van der Waals surface area (Å²) in [5, 5.41) is 11.3. The maximum atomic E-state index is 14.3. The van der Waals surface area contributed by atoms with Gasteiger partial charge >= 0.3 is 0 Å². The highest BCUT2D eigenvalue weighted by Gasteiger charge is 2.29. The Hall–Kier alpha value is -5.12. The van der Waals surface area contributed by atoms with Crippen LogP contribution < -0.4 is 10.1 Å². The van der Waals surface area contributed by atoms with E-state index in [0.717, 1.165) is 40.4 Å². The van der Waals surface area contributed by atoms with Crippen molar-refractivity contribution in [2.75, 3.05) is 12.4 Å². The van der Waals surface area contributed by atoms with Crippen LogP contribution in [0.2, 0.25) is 0 Å². The number of amides is 1. The smallest absolute Gasteiger partial charge is 0.227 e. The predicted octanol–water partition coefficient (Wildman–Crippen LogP) is 5.73. The number of carbonyl (C=O) groups excluding carboxylic acids is 1. The molecule has 1 amide bonds.